The Kier molecular flexibility index (Phi) is 3.67. The first-order chi connectivity index (χ1) is 10.4. The van der Waals surface area contributed by atoms with Crippen molar-refractivity contribution in [3.8, 4) is 0 Å². The number of anilines is 1. The maximum absolute atomic E-state index is 11.2. The Morgan fingerprint density at radius 2 is 2.23 bits per heavy atom. The summed E-state index contributed by atoms with van der Waals surface area (Å²) in [7, 11) is -5.11. The minimum atomic E-state index is -5.11. The van der Waals surface area contributed by atoms with Crippen LogP contribution in [-0.4, -0.2) is 38.5 Å². The van der Waals surface area contributed by atoms with E-state index in [1.165, 1.54) is 17.2 Å². The van der Waals surface area contributed by atoms with Gasteiger partial charge in [0.2, 0.25) is 0 Å². The molecule has 0 amide bonds. The first-order valence-electron chi connectivity index (χ1n) is 6.11. The summed E-state index contributed by atoms with van der Waals surface area (Å²) in [4.78, 5) is 43.9. The van der Waals surface area contributed by atoms with Crippen LogP contribution in [0.4, 0.5) is 5.82 Å². The molecule has 0 spiro atoms. The van der Waals surface area contributed by atoms with E-state index in [2.05, 4.69) is 19.5 Å². The number of carbonyl (C=O) groups excluding carboxylic acids is 1. The predicted molar refractivity (Wildman–Crippen MR) is 66.8 cm³/mol. The van der Waals surface area contributed by atoms with Gasteiger partial charge in [-0.2, -0.15) is 0 Å². The van der Waals surface area contributed by atoms with Gasteiger partial charge in [0, 0.05) is 0 Å². The first-order valence-corrected chi connectivity index (χ1v) is 7.57. The van der Waals surface area contributed by atoms with E-state index in [0.29, 0.717) is 17.5 Å². The molecule has 1 fully saturated rings. The minimum Gasteiger partial charge on any atom is -0.790 e. The molecule has 1 aliphatic rings. The van der Waals surface area contributed by atoms with Crippen molar-refractivity contribution in [2.75, 3.05) is 12.3 Å². The van der Waals surface area contributed by atoms with Crippen molar-refractivity contribution in [1.82, 2.24) is 19.5 Å². The molecule has 1 saturated heterocycles. The Bertz CT molecular complexity index is 759. The summed E-state index contributed by atoms with van der Waals surface area (Å²) in [5, 5.41) is 0. The lowest BCUT2D eigenvalue weighted by Crippen LogP contribution is -2.49. The molecule has 3 heterocycles. The summed E-state index contributed by atoms with van der Waals surface area (Å²) in [6.45, 7) is -0.520. The Morgan fingerprint density at radius 1 is 1.45 bits per heavy atom. The second kappa shape index (κ2) is 5.38. The van der Waals surface area contributed by atoms with Gasteiger partial charge in [-0.05, 0) is 0 Å². The molecule has 0 bridgehead atoms. The molecule has 2 aromatic rings. The van der Waals surface area contributed by atoms with Crippen molar-refractivity contribution < 1.29 is 28.4 Å². The SMILES string of the molecule is Nc1ncnc2c1ncn2[C@@H]1O[C@H](COP(=O)([O-])[O-])[C@H]1C=O. The van der Waals surface area contributed by atoms with Gasteiger partial charge in [-0.1, -0.05) is 0 Å². The third-order valence-corrected chi connectivity index (χ3v) is 3.75. The smallest absolute Gasteiger partial charge is 0.167 e. The normalized spacial score (nSPS) is 25.1. The van der Waals surface area contributed by atoms with E-state index in [9.17, 15) is 19.1 Å². The number of nitrogens with two attached hydrogens (primary N) is 1. The van der Waals surface area contributed by atoms with Gasteiger partial charge >= 0.3 is 0 Å². The molecule has 1 aliphatic heterocycles. The van der Waals surface area contributed by atoms with Crippen LogP contribution < -0.4 is 15.5 Å². The van der Waals surface area contributed by atoms with E-state index in [1.54, 1.807) is 0 Å². The molecular weight excluding hydrogens is 317 g/mol. The maximum atomic E-state index is 11.2. The van der Waals surface area contributed by atoms with Gasteiger partial charge in [0.25, 0.3) is 0 Å². The van der Waals surface area contributed by atoms with E-state index in [0.717, 1.165) is 0 Å². The predicted octanol–water partition coefficient (Wildman–Crippen LogP) is -2.03. The summed E-state index contributed by atoms with van der Waals surface area (Å²) in [5.41, 5.74) is 6.40. The molecule has 2 N–H and O–H groups in total. The average Bonchev–Trinajstić information content (AvgIpc) is 2.82. The largest absolute Gasteiger partial charge is 0.790 e. The van der Waals surface area contributed by atoms with E-state index in [-0.39, 0.29) is 5.82 Å². The highest BCUT2D eigenvalue weighted by Gasteiger charge is 2.44. The van der Waals surface area contributed by atoms with Crippen molar-refractivity contribution >= 4 is 31.1 Å². The second-order valence-corrected chi connectivity index (χ2v) is 5.76. The van der Waals surface area contributed by atoms with E-state index >= 15 is 0 Å². The van der Waals surface area contributed by atoms with E-state index < -0.39 is 32.7 Å². The van der Waals surface area contributed by atoms with Crippen LogP contribution in [0, 0.1) is 5.92 Å². The monoisotopic (exact) mass is 327 g/mol. The fourth-order valence-corrected chi connectivity index (χ4v) is 2.56. The van der Waals surface area contributed by atoms with Crippen LogP contribution in [0.3, 0.4) is 0 Å². The number of nitrogen functional groups attached to an aromatic ring is 1. The van der Waals surface area contributed by atoms with Gasteiger partial charge in [-0.15, -0.1) is 0 Å². The number of hydrogen-bond donors (Lipinski definition) is 1. The molecule has 118 valence electrons. The number of fused-ring (bicyclic) bond motifs is 1. The van der Waals surface area contributed by atoms with Crippen LogP contribution in [-0.2, 0) is 18.6 Å². The molecule has 3 atom stereocenters. The van der Waals surface area contributed by atoms with Crippen LogP contribution in [0.2, 0.25) is 0 Å². The summed E-state index contributed by atoms with van der Waals surface area (Å²) in [6.07, 6.45) is 1.66. The van der Waals surface area contributed by atoms with Crippen LogP contribution in [0.15, 0.2) is 12.7 Å². The number of imidazole rings is 1. The van der Waals surface area contributed by atoms with Gasteiger partial charge in [0.1, 0.15) is 24.4 Å². The summed E-state index contributed by atoms with van der Waals surface area (Å²) in [6, 6.07) is 0. The molecule has 2 aromatic heterocycles. The number of aldehydes is 1. The lowest BCUT2D eigenvalue weighted by Gasteiger charge is -2.43. The Balaban J connectivity index is 1.80. The van der Waals surface area contributed by atoms with Gasteiger partial charge < -0.3 is 34.1 Å². The fourth-order valence-electron chi connectivity index (χ4n) is 2.23. The summed E-state index contributed by atoms with van der Waals surface area (Å²) >= 11 is 0. The number of nitrogens with zero attached hydrogens (tertiary/aromatic N) is 4. The highest BCUT2D eigenvalue weighted by molar-refractivity contribution is 7.43. The molecule has 22 heavy (non-hydrogen) atoms. The van der Waals surface area contributed by atoms with Gasteiger partial charge in [0.15, 0.2) is 11.5 Å². The van der Waals surface area contributed by atoms with Crippen LogP contribution in [0.5, 0.6) is 0 Å². The molecule has 3 rings (SSSR count). The quantitative estimate of drug-likeness (QED) is 0.477. The fraction of sp³-hybridized carbons (Fsp3) is 0.400. The van der Waals surface area contributed by atoms with Gasteiger partial charge in [0.05, 0.1) is 32.8 Å². The number of hydrogen-bond acceptors (Lipinski definition) is 10. The molecular formula is C10H10N5O6P-2. The summed E-state index contributed by atoms with van der Waals surface area (Å²) in [5.74, 6) is -0.524. The number of phosphoric ester groups is 1. The average molecular weight is 327 g/mol. The maximum Gasteiger partial charge on any atom is 0.167 e. The zero-order valence-corrected chi connectivity index (χ0v) is 11.8. The van der Waals surface area contributed by atoms with Crippen LogP contribution >= 0.6 is 7.82 Å². The second-order valence-electron chi connectivity index (χ2n) is 4.60. The third kappa shape index (κ3) is 2.60. The van der Waals surface area contributed by atoms with Crippen molar-refractivity contribution in [2.24, 2.45) is 5.92 Å². The molecule has 11 nitrogen and oxygen atoms in total. The van der Waals surface area contributed by atoms with E-state index in [4.69, 9.17) is 10.5 Å². The Morgan fingerprint density at radius 3 is 2.91 bits per heavy atom. The molecule has 0 radical (unpaired) electrons. The summed E-state index contributed by atoms with van der Waals surface area (Å²) < 4.78 is 21.5. The van der Waals surface area contributed by atoms with Crippen LogP contribution in [0.25, 0.3) is 11.2 Å². The zero-order chi connectivity index (χ0) is 15.9. The highest BCUT2D eigenvalue weighted by atomic mass is 31.2. The standard InChI is InChI=1S/C10H12N5O6P/c11-8-7-9(13-3-12-8)15(4-14-7)10-5(1-16)6(21-10)2-20-22(17,18)19/h1,3-6,10H,2H2,(H2,11,12,13)(H2,17,18,19)/p-2/t5-,6-,10-/m1/s1. The zero-order valence-electron chi connectivity index (χ0n) is 10.9. The molecule has 12 heteroatoms. The molecule has 0 unspecified atom stereocenters. The van der Waals surface area contributed by atoms with Crippen molar-refractivity contribution in [3.63, 3.8) is 0 Å². The molecule has 0 aliphatic carbocycles. The van der Waals surface area contributed by atoms with Crippen molar-refractivity contribution in [1.29, 1.82) is 0 Å². The molecule has 0 saturated carbocycles. The number of carbonyl (C=O) groups is 1. The highest BCUT2D eigenvalue weighted by Crippen LogP contribution is 2.39. The number of rotatable bonds is 5. The van der Waals surface area contributed by atoms with E-state index in [1.807, 2.05) is 0 Å². The third-order valence-electron chi connectivity index (χ3n) is 3.29. The lowest BCUT2D eigenvalue weighted by molar-refractivity contribution is -0.346. The number of ether oxygens (including phenoxy) is 1. The minimum absolute atomic E-state index is 0.184. The van der Waals surface area contributed by atoms with Crippen molar-refractivity contribution in [3.05, 3.63) is 12.7 Å². The van der Waals surface area contributed by atoms with Gasteiger partial charge in [-0.3, -0.25) is 4.57 Å². The topological polar surface area (TPSA) is 168 Å². The number of aromatic nitrogens is 4. The number of phosphoric acid groups is 1. The molecule has 0 aromatic carbocycles. The Labute approximate surface area is 123 Å². The van der Waals surface area contributed by atoms with Crippen LogP contribution in [0.1, 0.15) is 6.23 Å². The van der Waals surface area contributed by atoms with Crippen molar-refractivity contribution in [2.45, 2.75) is 12.3 Å². The Hall–Kier alpha value is -1.91. The first kappa shape index (κ1) is 15.0. The van der Waals surface area contributed by atoms with Gasteiger partial charge in [-0.25, -0.2) is 15.0 Å². The lowest BCUT2D eigenvalue weighted by atomic mass is 9.96.